The van der Waals surface area contributed by atoms with E-state index in [1.54, 1.807) is 0 Å². The van der Waals surface area contributed by atoms with Crippen LogP contribution >= 0.6 is 0 Å². The molecular formula is C12H12F2N2O5. The molecule has 0 aliphatic carbocycles. The van der Waals surface area contributed by atoms with E-state index >= 15 is 0 Å². The first kappa shape index (κ1) is 16.5. The molecule has 1 atom stereocenters. The first-order chi connectivity index (χ1) is 9.73. The molecule has 0 heterocycles. The Morgan fingerprint density at radius 3 is 2.52 bits per heavy atom. The van der Waals surface area contributed by atoms with Gasteiger partial charge in [0.05, 0.1) is 4.92 Å². The summed E-state index contributed by atoms with van der Waals surface area (Å²) in [6.45, 7) is 1.32. The number of carbonyl (C=O) groups is 2. The van der Waals surface area contributed by atoms with Gasteiger partial charge >= 0.3 is 5.97 Å². The van der Waals surface area contributed by atoms with Crippen LogP contribution in [0, 0.1) is 17.0 Å². The summed E-state index contributed by atoms with van der Waals surface area (Å²) < 4.78 is 24.5. The predicted molar refractivity (Wildman–Crippen MR) is 67.3 cm³/mol. The summed E-state index contributed by atoms with van der Waals surface area (Å²) in [5, 5.41) is 21.5. The minimum atomic E-state index is -2.90. The van der Waals surface area contributed by atoms with E-state index in [9.17, 15) is 28.5 Å². The average Bonchev–Trinajstić information content (AvgIpc) is 2.36. The first-order valence-electron chi connectivity index (χ1n) is 5.79. The van der Waals surface area contributed by atoms with Crippen molar-refractivity contribution in [3.8, 4) is 0 Å². The molecule has 7 nitrogen and oxygen atoms in total. The molecule has 0 aliphatic rings. The number of amides is 1. The van der Waals surface area contributed by atoms with Gasteiger partial charge in [-0.15, -0.1) is 0 Å². The van der Waals surface area contributed by atoms with Crippen molar-refractivity contribution in [2.45, 2.75) is 25.8 Å². The number of hydrogen-bond donors (Lipinski definition) is 2. The van der Waals surface area contributed by atoms with E-state index < -0.39 is 35.7 Å². The van der Waals surface area contributed by atoms with Crippen molar-refractivity contribution >= 4 is 17.6 Å². The van der Waals surface area contributed by atoms with Gasteiger partial charge in [-0.3, -0.25) is 14.9 Å². The van der Waals surface area contributed by atoms with Gasteiger partial charge in [-0.2, -0.15) is 0 Å². The molecule has 0 bridgehead atoms. The fourth-order valence-electron chi connectivity index (χ4n) is 1.70. The number of rotatable bonds is 6. The smallest absolute Gasteiger partial charge is 0.326 e. The minimum Gasteiger partial charge on any atom is -0.480 e. The second-order valence-electron chi connectivity index (χ2n) is 4.20. The highest BCUT2D eigenvalue weighted by molar-refractivity contribution is 5.98. The van der Waals surface area contributed by atoms with E-state index in [0.29, 0.717) is 0 Å². The molecule has 1 rings (SSSR count). The molecular weight excluding hydrogens is 290 g/mol. The Balaban J connectivity index is 3.01. The molecule has 0 aromatic heterocycles. The van der Waals surface area contributed by atoms with Crippen LogP contribution < -0.4 is 5.32 Å². The second-order valence-corrected chi connectivity index (χ2v) is 4.20. The van der Waals surface area contributed by atoms with Crippen molar-refractivity contribution in [3.05, 3.63) is 39.4 Å². The molecule has 0 radical (unpaired) electrons. The number of hydrogen-bond acceptors (Lipinski definition) is 4. The molecule has 0 saturated heterocycles. The molecule has 2 N–H and O–H groups in total. The van der Waals surface area contributed by atoms with Crippen LogP contribution in [0.4, 0.5) is 14.5 Å². The van der Waals surface area contributed by atoms with Gasteiger partial charge in [0.25, 0.3) is 11.6 Å². The third kappa shape index (κ3) is 4.20. The Morgan fingerprint density at radius 1 is 1.43 bits per heavy atom. The topological polar surface area (TPSA) is 110 Å². The van der Waals surface area contributed by atoms with Crippen LogP contribution in [0.1, 0.15) is 22.3 Å². The van der Waals surface area contributed by atoms with Gasteiger partial charge in [0.2, 0.25) is 6.43 Å². The lowest BCUT2D eigenvalue weighted by Crippen LogP contribution is -2.42. The summed E-state index contributed by atoms with van der Waals surface area (Å²) in [7, 11) is 0. The average molecular weight is 302 g/mol. The summed E-state index contributed by atoms with van der Waals surface area (Å²) in [6, 6.07) is 1.91. The first-order valence-corrected chi connectivity index (χ1v) is 5.79. The maximum absolute atomic E-state index is 12.2. The molecule has 1 aromatic carbocycles. The molecule has 0 aliphatic heterocycles. The summed E-state index contributed by atoms with van der Waals surface area (Å²) in [5.41, 5.74) is -0.422. The highest BCUT2D eigenvalue weighted by atomic mass is 19.3. The zero-order valence-electron chi connectivity index (χ0n) is 10.9. The van der Waals surface area contributed by atoms with Crippen LogP contribution in [0.3, 0.4) is 0 Å². The number of carboxylic acid groups (broad SMARTS) is 1. The van der Waals surface area contributed by atoms with Crippen LogP contribution in [-0.4, -0.2) is 34.4 Å². The van der Waals surface area contributed by atoms with Crippen molar-refractivity contribution < 1.29 is 28.4 Å². The van der Waals surface area contributed by atoms with E-state index in [2.05, 4.69) is 0 Å². The number of nitrogens with one attached hydrogen (secondary N) is 1. The molecule has 114 valence electrons. The van der Waals surface area contributed by atoms with Crippen LogP contribution in [0.5, 0.6) is 0 Å². The zero-order chi connectivity index (χ0) is 16.2. The molecule has 21 heavy (non-hydrogen) atoms. The van der Waals surface area contributed by atoms with Crippen molar-refractivity contribution in [3.63, 3.8) is 0 Å². The van der Waals surface area contributed by atoms with E-state index in [1.165, 1.54) is 25.1 Å². The van der Waals surface area contributed by atoms with Crippen molar-refractivity contribution in [1.82, 2.24) is 5.32 Å². The number of aliphatic carboxylic acids is 1. The van der Waals surface area contributed by atoms with Gasteiger partial charge in [-0.05, 0) is 13.0 Å². The number of halogens is 2. The van der Waals surface area contributed by atoms with E-state index in [0.717, 1.165) is 0 Å². The number of carbonyl (C=O) groups excluding carboxylic acids is 1. The summed E-state index contributed by atoms with van der Waals surface area (Å²) in [4.78, 5) is 32.8. The number of nitro groups is 1. The molecule has 0 spiro atoms. The zero-order valence-corrected chi connectivity index (χ0v) is 10.9. The molecule has 1 amide bonds. The number of nitrogens with zero attached hydrogens (tertiary/aromatic N) is 1. The maximum Gasteiger partial charge on any atom is 0.326 e. The lowest BCUT2D eigenvalue weighted by Gasteiger charge is -2.14. The highest BCUT2D eigenvalue weighted by Crippen LogP contribution is 2.21. The van der Waals surface area contributed by atoms with Gasteiger partial charge < -0.3 is 10.4 Å². The van der Waals surface area contributed by atoms with E-state index in [1.807, 2.05) is 5.32 Å². The van der Waals surface area contributed by atoms with Gasteiger partial charge in [0.15, 0.2) is 0 Å². The largest absolute Gasteiger partial charge is 0.480 e. The monoisotopic (exact) mass is 302 g/mol. The maximum atomic E-state index is 12.2. The van der Waals surface area contributed by atoms with Crippen LogP contribution in [-0.2, 0) is 4.79 Å². The quantitative estimate of drug-likeness (QED) is 0.614. The Hall–Kier alpha value is -2.58. The lowest BCUT2D eigenvalue weighted by atomic mass is 10.1. The highest BCUT2D eigenvalue weighted by Gasteiger charge is 2.26. The Kier molecular flexibility index (Phi) is 5.28. The standard InChI is InChI=1S/C12H12F2N2O5/c1-6-7(3-2-4-9(6)16(20)21)11(17)15-8(12(18)19)5-10(13)14/h2-4,8,10H,5H2,1H3,(H,15,17)(H,18,19). The van der Waals surface area contributed by atoms with Gasteiger partial charge in [0, 0.05) is 23.6 Å². The lowest BCUT2D eigenvalue weighted by molar-refractivity contribution is -0.385. The SMILES string of the molecule is Cc1c(C(=O)NC(CC(F)F)C(=O)O)cccc1[N+](=O)[O-]. The molecule has 1 unspecified atom stereocenters. The molecule has 9 heteroatoms. The number of benzene rings is 1. The van der Waals surface area contributed by atoms with Crippen LogP contribution in [0.25, 0.3) is 0 Å². The third-order valence-electron chi connectivity index (χ3n) is 2.76. The van der Waals surface area contributed by atoms with Crippen molar-refractivity contribution in [2.75, 3.05) is 0 Å². The van der Waals surface area contributed by atoms with Crippen LogP contribution in [0.2, 0.25) is 0 Å². The Bertz CT molecular complexity index is 577. The van der Waals surface area contributed by atoms with Gasteiger partial charge in [-0.25, -0.2) is 13.6 Å². The van der Waals surface area contributed by atoms with Gasteiger partial charge in [0.1, 0.15) is 6.04 Å². The normalized spacial score (nSPS) is 12.0. The molecule has 0 saturated carbocycles. The number of nitro benzene ring substituents is 1. The fourth-order valence-corrected chi connectivity index (χ4v) is 1.70. The summed E-state index contributed by atoms with van der Waals surface area (Å²) in [5.74, 6) is -2.56. The third-order valence-corrected chi connectivity index (χ3v) is 2.76. The van der Waals surface area contributed by atoms with Crippen LogP contribution in [0.15, 0.2) is 18.2 Å². The Morgan fingerprint density at radius 2 is 2.05 bits per heavy atom. The minimum absolute atomic E-state index is 0.0289. The van der Waals surface area contributed by atoms with Crippen molar-refractivity contribution in [1.29, 1.82) is 0 Å². The van der Waals surface area contributed by atoms with E-state index in [-0.39, 0.29) is 16.8 Å². The second kappa shape index (κ2) is 6.73. The summed E-state index contributed by atoms with van der Waals surface area (Å²) in [6.07, 6.45) is -3.95. The summed E-state index contributed by atoms with van der Waals surface area (Å²) >= 11 is 0. The Labute approximate surface area is 117 Å². The fraction of sp³-hybridized carbons (Fsp3) is 0.333. The molecule has 1 aromatic rings. The number of alkyl halides is 2. The predicted octanol–water partition coefficient (Wildman–Crippen LogP) is 1.74. The van der Waals surface area contributed by atoms with Gasteiger partial charge in [-0.1, -0.05) is 6.07 Å². The van der Waals surface area contributed by atoms with E-state index in [4.69, 9.17) is 5.11 Å². The molecule has 0 fully saturated rings. The van der Waals surface area contributed by atoms with Crippen molar-refractivity contribution in [2.24, 2.45) is 0 Å². The number of carboxylic acids is 1.